The number of nitrogens with zero attached hydrogens (tertiary/aromatic N) is 3. The lowest BCUT2D eigenvalue weighted by molar-refractivity contribution is -0.657. The summed E-state index contributed by atoms with van der Waals surface area (Å²) in [6.07, 6.45) is 3.87. The van der Waals surface area contributed by atoms with Gasteiger partial charge in [0.15, 0.2) is 0 Å². The van der Waals surface area contributed by atoms with Crippen molar-refractivity contribution < 1.29 is 4.57 Å². The highest BCUT2D eigenvalue weighted by Crippen LogP contribution is 1.99. The first-order valence-electron chi connectivity index (χ1n) is 2.73. The van der Waals surface area contributed by atoms with Gasteiger partial charge in [-0.2, -0.15) is 0 Å². The Kier molecular flexibility index (Phi) is 1.34. The van der Waals surface area contributed by atoms with Crippen molar-refractivity contribution >= 4 is 12.7 Å². The number of aromatic nitrogens is 2. The maximum Gasteiger partial charge on any atom is 0.397 e. The van der Waals surface area contributed by atoms with Crippen molar-refractivity contribution in [3.8, 4) is 0 Å². The normalized spacial score (nSPS) is 9.56. The highest BCUT2D eigenvalue weighted by molar-refractivity contribution is 5.32. The topological polar surface area (TPSA) is 21.2 Å². The average molecular weight is 124 g/mol. The highest BCUT2D eigenvalue weighted by atomic mass is 15.2. The molecule has 48 valence electrons. The van der Waals surface area contributed by atoms with Gasteiger partial charge in [-0.3, -0.25) is 0 Å². The first-order chi connectivity index (χ1) is 4.25. The van der Waals surface area contributed by atoms with E-state index in [1.165, 1.54) is 0 Å². The Morgan fingerprint density at radius 3 is 2.67 bits per heavy atom. The SMILES string of the molecule is C=Nc1n(C)cc[n+]1C. The largest absolute Gasteiger partial charge is 0.397 e. The van der Waals surface area contributed by atoms with Gasteiger partial charge in [-0.1, -0.05) is 4.99 Å². The van der Waals surface area contributed by atoms with Crippen LogP contribution in [0.4, 0.5) is 5.95 Å². The fourth-order valence-corrected chi connectivity index (χ4v) is 0.805. The third kappa shape index (κ3) is 0.850. The zero-order chi connectivity index (χ0) is 6.85. The molecule has 0 amide bonds. The summed E-state index contributed by atoms with van der Waals surface area (Å²) < 4.78 is 3.82. The minimum Gasteiger partial charge on any atom is -0.235 e. The molecule has 0 aliphatic carbocycles. The van der Waals surface area contributed by atoms with Crippen LogP contribution in [0, 0.1) is 0 Å². The smallest absolute Gasteiger partial charge is 0.235 e. The van der Waals surface area contributed by atoms with Crippen LogP contribution in [0.3, 0.4) is 0 Å². The van der Waals surface area contributed by atoms with E-state index >= 15 is 0 Å². The van der Waals surface area contributed by atoms with Crippen molar-refractivity contribution in [2.45, 2.75) is 0 Å². The minimum atomic E-state index is 0.870. The van der Waals surface area contributed by atoms with E-state index in [1.807, 2.05) is 35.6 Å². The molecule has 1 heterocycles. The van der Waals surface area contributed by atoms with Crippen LogP contribution in [0.5, 0.6) is 0 Å². The third-order valence-corrected chi connectivity index (χ3v) is 1.29. The molecule has 0 bridgehead atoms. The van der Waals surface area contributed by atoms with E-state index in [0.717, 1.165) is 5.95 Å². The molecule has 3 nitrogen and oxygen atoms in total. The molecule has 0 saturated carbocycles. The van der Waals surface area contributed by atoms with Gasteiger partial charge >= 0.3 is 5.95 Å². The number of aliphatic imine (C=N–C) groups is 1. The molecular formula is C6H10N3+. The molecular weight excluding hydrogens is 114 g/mol. The van der Waals surface area contributed by atoms with Crippen LogP contribution < -0.4 is 4.57 Å². The van der Waals surface area contributed by atoms with E-state index in [2.05, 4.69) is 11.7 Å². The Labute approximate surface area is 54.3 Å². The number of hydrogen-bond donors (Lipinski definition) is 0. The lowest BCUT2D eigenvalue weighted by atomic mass is 10.9. The van der Waals surface area contributed by atoms with Gasteiger partial charge in [0, 0.05) is 0 Å². The number of aryl methyl sites for hydroxylation is 2. The second-order valence-electron chi connectivity index (χ2n) is 1.98. The second kappa shape index (κ2) is 2.01. The lowest BCUT2D eigenvalue weighted by Crippen LogP contribution is -2.25. The molecule has 1 rings (SSSR count). The second-order valence-corrected chi connectivity index (χ2v) is 1.98. The summed E-state index contributed by atoms with van der Waals surface area (Å²) in [6.45, 7) is 3.43. The van der Waals surface area contributed by atoms with E-state index < -0.39 is 0 Å². The van der Waals surface area contributed by atoms with Gasteiger partial charge in [-0.15, -0.1) is 0 Å². The summed E-state index contributed by atoms with van der Waals surface area (Å²) in [4.78, 5) is 3.81. The Hall–Kier alpha value is -1.12. The number of rotatable bonds is 1. The van der Waals surface area contributed by atoms with Gasteiger partial charge < -0.3 is 0 Å². The van der Waals surface area contributed by atoms with Gasteiger partial charge in [0.2, 0.25) is 0 Å². The quantitative estimate of drug-likeness (QED) is 0.376. The monoisotopic (exact) mass is 124 g/mol. The van der Waals surface area contributed by atoms with Crippen molar-refractivity contribution in [1.29, 1.82) is 0 Å². The molecule has 0 aliphatic heterocycles. The van der Waals surface area contributed by atoms with Crippen molar-refractivity contribution in [2.24, 2.45) is 19.1 Å². The van der Waals surface area contributed by atoms with Crippen LogP contribution in [-0.4, -0.2) is 11.3 Å². The van der Waals surface area contributed by atoms with E-state index in [4.69, 9.17) is 0 Å². The zero-order valence-electron chi connectivity index (χ0n) is 5.70. The van der Waals surface area contributed by atoms with Crippen molar-refractivity contribution in [2.75, 3.05) is 0 Å². The van der Waals surface area contributed by atoms with E-state index in [1.54, 1.807) is 0 Å². The Balaban J connectivity index is 3.22. The van der Waals surface area contributed by atoms with E-state index in [0.29, 0.717) is 0 Å². The maximum absolute atomic E-state index is 3.81. The van der Waals surface area contributed by atoms with Crippen LogP contribution in [0.1, 0.15) is 0 Å². The van der Waals surface area contributed by atoms with Crippen molar-refractivity contribution in [1.82, 2.24) is 4.57 Å². The van der Waals surface area contributed by atoms with Crippen LogP contribution in [-0.2, 0) is 14.1 Å². The Morgan fingerprint density at radius 1 is 1.78 bits per heavy atom. The predicted octanol–water partition coefficient (Wildman–Crippen LogP) is 0.182. The molecule has 0 unspecified atom stereocenters. The predicted molar refractivity (Wildman–Crippen MR) is 35.8 cm³/mol. The summed E-state index contributed by atoms with van der Waals surface area (Å²) in [5.41, 5.74) is 0. The summed E-state index contributed by atoms with van der Waals surface area (Å²) in [5, 5.41) is 0. The van der Waals surface area contributed by atoms with Gasteiger partial charge in [0.05, 0.1) is 33.2 Å². The van der Waals surface area contributed by atoms with Crippen LogP contribution in [0.2, 0.25) is 0 Å². The molecule has 1 aromatic heterocycles. The molecule has 0 aliphatic rings. The summed E-state index contributed by atoms with van der Waals surface area (Å²) in [6, 6.07) is 0. The van der Waals surface area contributed by atoms with Gasteiger partial charge in [-0.25, -0.2) is 9.13 Å². The van der Waals surface area contributed by atoms with Gasteiger partial charge in [0.1, 0.15) is 0 Å². The fraction of sp³-hybridized carbons (Fsp3) is 0.333. The molecule has 3 heteroatoms. The molecule has 1 aromatic rings. The lowest BCUT2D eigenvalue weighted by Gasteiger charge is -1.85. The fourth-order valence-electron chi connectivity index (χ4n) is 0.805. The summed E-state index contributed by atoms with van der Waals surface area (Å²) in [5.74, 6) is 0.870. The van der Waals surface area contributed by atoms with Crippen molar-refractivity contribution in [3.05, 3.63) is 12.4 Å². The Morgan fingerprint density at radius 2 is 2.44 bits per heavy atom. The zero-order valence-corrected chi connectivity index (χ0v) is 5.70. The standard InChI is InChI=1S/C6H10N3/c1-7-6-8(2)4-5-9(6)3/h4-5H,1H2,2-3H3/q+1. The highest BCUT2D eigenvalue weighted by Gasteiger charge is 2.05. The molecule has 0 aromatic carbocycles. The number of hydrogen-bond acceptors (Lipinski definition) is 1. The van der Waals surface area contributed by atoms with Crippen LogP contribution in [0.25, 0.3) is 0 Å². The van der Waals surface area contributed by atoms with Gasteiger partial charge in [-0.05, 0) is 0 Å². The molecule has 0 fully saturated rings. The van der Waals surface area contributed by atoms with Crippen LogP contribution in [0.15, 0.2) is 17.4 Å². The Bertz CT molecular complexity index is 205. The molecule has 0 N–H and O–H groups in total. The first kappa shape index (κ1) is 6.01. The maximum atomic E-state index is 3.81. The third-order valence-electron chi connectivity index (χ3n) is 1.29. The summed E-state index contributed by atoms with van der Waals surface area (Å²) in [7, 11) is 3.87. The number of imidazole rings is 1. The first-order valence-corrected chi connectivity index (χ1v) is 2.73. The summed E-state index contributed by atoms with van der Waals surface area (Å²) >= 11 is 0. The van der Waals surface area contributed by atoms with E-state index in [9.17, 15) is 0 Å². The van der Waals surface area contributed by atoms with Crippen LogP contribution >= 0.6 is 0 Å². The van der Waals surface area contributed by atoms with E-state index in [-0.39, 0.29) is 0 Å². The molecule has 0 radical (unpaired) electrons. The molecule has 0 spiro atoms. The van der Waals surface area contributed by atoms with Gasteiger partial charge in [0.25, 0.3) is 0 Å². The van der Waals surface area contributed by atoms with Crippen molar-refractivity contribution in [3.63, 3.8) is 0 Å². The molecule has 0 atom stereocenters. The minimum absolute atomic E-state index is 0.870. The molecule has 0 saturated heterocycles. The molecule has 9 heavy (non-hydrogen) atoms. The average Bonchev–Trinajstić information content (AvgIpc) is 2.12.